The third kappa shape index (κ3) is 5.29. The number of carbonyl (C=O) groups is 2. The number of urea groups is 1. The third-order valence-electron chi connectivity index (χ3n) is 2.85. The van der Waals surface area contributed by atoms with E-state index in [1.807, 2.05) is 0 Å². The van der Waals surface area contributed by atoms with Gasteiger partial charge in [0.15, 0.2) is 0 Å². The van der Waals surface area contributed by atoms with Crippen molar-refractivity contribution in [2.45, 2.75) is 33.4 Å². The Balaban J connectivity index is 2.59. The second-order valence-electron chi connectivity index (χ2n) is 5.67. The van der Waals surface area contributed by atoms with Crippen molar-refractivity contribution in [3.8, 4) is 5.88 Å². The Morgan fingerprint density at radius 3 is 2.62 bits per heavy atom. The third-order valence-corrected chi connectivity index (χ3v) is 2.85. The summed E-state index contributed by atoms with van der Waals surface area (Å²) in [6, 6.07) is 1.93. The van der Waals surface area contributed by atoms with Crippen molar-refractivity contribution in [1.82, 2.24) is 15.6 Å². The highest BCUT2D eigenvalue weighted by molar-refractivity contribution is 5.83. The summed E-state index contributed by atoms with van der Waals surface area (Å²) >= 11 is 0. The molecule has 0 aliphatic heterocycles. The van der Waals surface area contributed by atoms with Gasteiger partial charge in [0.1, 0.15) is 6.04 Å². The van der Waals surface area contributed by atoms with E-state index in [2.05, 4.69) is 15.6 Å². The maximum absolute atomic E-state index is 11.8. The zero-order valence-electron chi connectivity index (χ0n) is 12.6. The highest BCUT2D eigenvalue weighted by atomic mass is 16.5. The summed E-state index contributed by atoms with van der Waals surface area (Å²) in [5.74, 6) is -0.615. The summed E-state index contributed by atoms with van der Waals surface area (Å²) in [5, 5.41) is 14.2. The molecular weight excluding hydrogens is 274 g/mol. The van der Waals surface area contributed by atoms with Crippen molar-refractivity contribution >= 4 is 12.0 Å². The number of amides is 2. The summed E-state index contributed by atoms with van der Waals surface area (Å²) in [6.07, 6.45) is 1.57. The molecule has 0 spiro atoms. The number of carboxylic acid groups (broad SMARTS) is 1. The molecule has 0 saturated heterocycles. The van der Waals surface area contributed by atoms with Crippen LogP contribution in [0.1, 0.15) is 26.3 Å². The van der Waals surface area contributed by atoms with E-state index in [1.165, 1.54) is 7.11 Å². The number of aromatic nitrogens is 1. The molecule has 0 radical (unpaired) electrons. The summed E-state index contributed by atoms with van der Waals surface area (Å²) < 4.78 is 4.99. The van der Waals surface area contributed by atoms with Crippen LogP contribution in [0.5, 0.6) is 5.88 Å². The van der Waals surface area contributed by atoms with Crippen LogP contribution in [-0.4, -0.2) is 35.2 Å². The summed E-state index contributed by atoms with van der Waals surface area (Å²) in [6.45, 7) is 5.50. The number of methoxy groups -OCH3 is 1. The minimum Gasteiger partial charge on any atom is -0.481 e. The fourth-order valence-electron chi connectivity index (χ4n) is 1.69. The first-order valence-electron chi connectivity index (χ1n) is 6.50. The predicted molar refractivity (Wildman–Crippen MR) is 77.0 cm³/mol. The van der Waals surface area contributed by atoms with Crippen LogP contribution < -0.4 is 15.4 Å². The van der Waals surface area contributed by atoms with Gasteiger partial charge >= 0.3 is 12.0 Å². The van der Waals surface area contributed by atoms with E-state index in [9.17, 15) is 9.59 Å². The fourth-order valence-corrected chi connectivity index (χ4v) is 1.69. The summed E-state index contributed by atoms with van der Waals surface area (Å²) in [7, 11) is 1.51. The van der Waals surface area contributed by atoms with Crippen LogP contribution in [0, 0.1) is 5.41 Å². The lowest BCUT2D eigenvalue weighted by Crippen LogP contribution is -2.52. The van der Waals surface area contributed by atoms with Crippen molar-refractivity contribution in [2.75, 3.05) is 7.11 Å². The van der Waals surface area contributed by atoms with Crippen molar-refractivity contribution in [3.63, 3.8) is 0 Å². The van der Waals surface area contributed by atoms with E-state index in [0.29, 0.717) is 5.88 Å². The smallest absolute Gasteiger partial charge is 0.326 e. The zero-order chi connectivity index (χ0) is 16.0. The molecule has 116 valence electrons. The Labute approximate surface area is 123 Å². The maximum atomic E-state index is 11.8. The minimum absolute atomic E-state index is 0.251. The van der Waals surface area contributed by atoms with Gasteiger partial charge in [-0.3, -0.25) is 0 Å². The molecule has 7 heteroatoms. The average molecular weight is 295 g/mol. The number of pyridine rings is 1. The molecule has 0 aliphatic carbocycles. The predicted octanol–water partition coefficient (Wildman–Crippen LogP) is 1.39. The van der Waals surface area contributed by atoms with Gasteiger partial charge in [-0.1, -0.05) is 20.8 Å². The van der Waals surface area contributed by atoms with Gasteiger partial charge in [0.25, 0.3) is 0 Å². The number of carbonyl (C=O) groups excluding carboxylic acids is 1. The summed E-state index contributed by atoms with van der Waals surface area (Å²) in [5.41, 5.74) is 0.225. The van der Waals surface area contributed by atoms with Gasteiger partial charge in [0, 0.05) is 18.8 Å². The Bertz CT molecular complexity index is 511. The number of hydrogen-bond donors (Lipinski definition) is 3. The van der Waals surface area contributed by atoms with Crippen molar-refractivity contribution < 1.29 is 19.4 Å². The van der Waals surface area contributed by atoms with Crippen LogP contribution in [0.4, 0.5) is 4.79 Å². The quantitative estimate of drug-likeness (QED) is 0.762. The topological polar surface area (TPSA) is 101 Å². The molecule has 0 bridgehead atoms. The van der Waals surface area contributed by atoms with E-state index >= 15 is 0 Å². The number of nitrogens with zero attached hydrogens (tertiary/aromatic N) is 1. The molecular formula is C14H21N3O4. The highest BCUT2D eigenvalue weighted by Gasteiger charge is 2.32. The second-order valence-corrected chi connectivity index (χ2v) is 5.67. The average Bonchev–Trinajstić information content (AvgIpc) is 2.41. The lowest BCUT2D eigenvalue weighted by molar-refractivity contribution is -0.141. The number of ether oxygens (including phenoxy) is 1. The molecule has 1 rings (SSSR count). The fraction of sp³-hybridized carbons (Fsp3) is 0.500. The van der Waals surface area contributed by atoms with Gasteiger partial charge in [-0.25, -0.2) is 14.6 Å². The van der Waals surface area contributed by atoms with Gasteiger partial charge in [-0.15, -0.1) is 0 Å². The van der Waals surface area contributed by atoms with Crippen molar-refractivity contribution in [2.24, 2.45) is 5.41 Å². The number of hydrogen-bond acceptors (Lipinski definition) is 4. The monoisotopic (exact) mass is 295 g/mol. The molecule has 0 fully saturated rings. The number of aliphatic carboxylic acids is 1. The minimum atomic E-state index is -1.07. The molecule has 21 heavy (non-hydrogen) atoms. The molecule has 1 aromatic heterocycles. The number of nitrogens with one attached hydrogen (secondary N) is 2. The zero-order valence-corrected chi connectivity index (χ0v) is 12.6. The molecule has 1 heterocycles. The Morgan fingerprint density at radius 1 is 1.43 bits per heavy atom. The molecule has 0 aliphatic rings. The molecule has 7 nitrogen and oxygen atoms in total. The standard InChI is InChI=1S/C14H21N3O4/c1-14(2,3)11(12(18)19)17-13(20)16-8-9-5-6-15-10(7-9)21-4/h5-7,11H,8H2,1-4H3,(H,18,19)(H2,16,17,20)/t11-/m0/s1. The first-order valence-corrected chi connectivity index (χ1v) is 6.50. The first-order chi connectivity index (χ1) is 9.74. The van der Waals surface area contributed by atoms with E-state index in [-0.39, 0.29) is 6.54 Å². The van der Waals surface area contributed by atoms with E-state index in [1.54, 1.807) is 39.1 Å². The van der Waals surface area contributed by atoms with Gasteiger partial charge in [-0.05, 0) is 17.0 Å². The van der Waals surface area contributed by atoms with E-state index < -0.39 is 23.5 Å². The Kier molecular flexibility index (Phi) is 5.52. The molecule has 1 atom stereocenters. The van der Waals surface area contributed by atoms with Gasteiger partial charge in [-0.2, -0.15) is 0 Å². The largest absolute Gasteiger partial charge is 0.481 e. The molecule has 0 unspecified atom stereocenters. The molecule has 3 N–H and O–H groups in total. The van der Waals surface area contributed by atoms with Crippen LogP contribution in [0.3, 0.4) is 0 Å². The highest BCUT2D eigenvalue weighted by Crippen LogP contribution is 2.19. The number of rotatable bonds is 5. The first kappa shape index (κ1) is 16.7. The molecule has 2 amide bonds. The molecule has 0 aromatic carbocycles. The normalized spacial score (nSPS) is 12.4. The lowest BCUT2D eigenvalue weighted by Gasteiger charge is -2.27. The van der Waals surface area contributed by atoms with Crippen LogP contribution in [0.2, 0.25) is 0 Å². The maximum Gasteiger partial charge on any atom is 0.326 e. The Hall–Kier alpha value is -2.31. The lowest BCUT2D eigenvalue weighted by atomic mass is 9.87. The molecule has 1 aromatic rings. The van der Waals surface area contributed by atoms with Gasteiger partial charge in [0.05, 0.1) is 7.11 Å². The SMILES string of the molecule is COc1cc(CNC(=O)N[C@@H](C(=O)O)C(C)(C)C)ccn1. The van der Waals surface area contributed by atoms with Gasteiger partial charge < -0.3 is 20.5 Å². The van der Waals surface area contributed by atoms with Crippen molar-refractivity contribution in [1.29, 1.82) is 0 Å². The van der Waals surface area contributed by atoms with Gasteiger partial charge in [0.2, 0.25) is 5.88 Å². The molecule has 0 saturated carbocycles. The van der Waals surface area contributed by atoms with Crippen LogP contribution in [0.25, 0.3) is 0 Å². The van der Waals surface area contributed by atoms with Crippen LogP contribution in [-0.2, 0) is 11.3 Å². The van der Waals surface area contributed by atoms with Crippen LogP contribution in [0.15, 0.2) is 18.3 Å². The Morgan fingerprint density at radius 2 is 2.10 bits per heavy atom. The van der Waals surface area contributed by atoms with Crippen molar-refractivity contribution in [3.05, 3.63) is 23.9 Å². The van der Waals surface area contributed by atoms with E-state index in [4.69, 9.17) is 9.84 Å². The second kappa shape index (κ2) is 6.92. The van der Waals surface area contributed by atoms with E-state index in [0.717, 1.165) is 5.56 Å². The summed E-state index contributed by atoms with van der Waals surface area (Å²) in [4.78, 5) is 26.9. The number of carboxylic acids is 1. The van der Waals surface area contributed by atoms with Crippen LogP contribution >= 0.6 is 0 Å².